The monoisotopic (exact) mass is 259 g/mol. The zero-order chi connectivity index (χ0) is 13.6. The van der Waals surface area contributed by atoms with Crippen molar-refractivity contribution in [2.75, 3.05) is 32.5 Å². The zero-order valence-corrected chi connectivity index (χ0v) is 11.1. The Morgan fingerprint density at radius 3 is 2.58 bits per heavy atom. The van der Waals surface area contributed by atoms with Crippen molar-refractivity contribution in [2.24, 2.45) is 0 Å². The number of hydrogen-bond donors (Lipinski definition) is 1. The molecule has 1 saturated heterocycles. The molecular formula is C14H17N3O2. The van der Waals surface area contributed by atoms with E-state index in [9.17, 15) is 9.59 Å². The minimum absolute atomic E-state index is 0.216. The molecule has 1 N–H and O–H groups in total. The molecule has 0 saturated carbocycles. The van der Waals surface area contributed by atoms with Gasteiger partial charge < -0.3 is 10.2 Å². The number of nitrogens with one attached hydrogen (secondary N) is 1. The fourth-order valence-corrected chi connectivity index (χ4v) is 2.74. The van der Waals surface area contributed by atoms with Gasteiger partial charge >= 0.3 is 0 Å². The van der Waals surface area contributed by atoms with E-state index in [4.69, 9.17) is 0 Å². The lowest BCUT2D eigenvalue weighted by Gasteiger charge is -2.14. The molecule has 5 heteroatoms. The van der Waals surface area contributed by atoms with E-state index in [-0.39, 0.29) is 11.8 Å². The van der Waals surface area contributed by atoms with E-state index in [1.807, 2.05) is 6.07 Å². The van der Waals surface area contributed by atoms with Crippen LogP contribution in [0.15, 0.2) is 18.2 Å². The van der Waals surface area contributed by atoms with Gasteiger partial charge in [0.25, 0.3) is 11.8 Å². The first-order chi connectivity index (χ1) is 9.06. The fourth-order valence-electron chi connectivity index (χ4n) is 2.74. The van der Waals surface area contributed by atoms with E-state index in [1.165, 1.54) is 7.05 Å². The summed E-state index contributed by atoms with van der Waals surface area (Å²) in [6.45, 7) is 2.09. The molecule has 0 spiro atoms. The number of amides is 2. The quantitative estimate of drug-likeness (QED) is 0.806. The van der Waals surface area contributed by atoms with Gasteiger partial charge in [0, 0.05) is 25.3 Å². The molecule has 1 fully saturated rings. The number of likely N-dealkylation sites (tertiary alicyclic amines) is 1. The first kappa shape index (κ1) is 12.2. The van der Waals surface area contributed by atoms with Gasteiger partial charge in [0.2, 0.25) is 0 Å². The lowest BCUT2D eigenvalue weighted by atomic mass is 10.1. The van der Waals surface area contributed by atoms with Gasteiger partial charge in [0.15, 0.2) is 0 Å². The predicted molar refractivity (Wildman–Crippen MR) is 72.4 cm³/mol. The topological polar surface area (TPSA) is 52.7 Å². The SMILES string of the molecule is CN1CCC(Nc2ccc3c(c2)C(=O)N(C)C3=O)C1. The van der Waals surface area contributed by atoms with Crippen molar-refractivity contribution in [3.05, 3.63) is 29.3 Å². The van der Waals surface area contributed by atoms with Gasteiger partial charge in [-0.05, 0) is 38.2 Å². The van der Waals surface area contributed by atoms with E-state index < -0.39 is 0 Å². The number of likely N-dealkylation sites (N-methyl/N-ethyl adjacent to an activating group) is 1. The number of hydrogen-bond acceptors (Lipinski definition) is 4. The molecule has 19 heavy (non-hydrogen) atoms. The molecule has 2 aliphatic rings. The molecule has 0 aliphatic carbocycles. The molecule has 0 bridgehead atoms. The minimum Gasteiger partial charge on any atom is -0.381 e. The number of carbonyl (C=O) groups is 2. The van der Waals surface area contributed by atoms with Crippen LogP contribution in [0.4, 0.5) is 5.69 Å². The fraction of sp³-hybridized carbons (Fsp3) is 0.429. The average Bonchev–Trinajstić information content (AvgIpc) is 2.89. The average molecular weight is 259 g/mol. The number of imide groups is 1. The van der Waals surface area contributed by atoms with Crippen molar-refractivity contribution < 1.29 is 9.59 Å². The number of fused-ring (bicyclic) bond motifs is 1. The molecule has 3 rings (SSSR count). The summed E-state index contributed by atoms with van der Waals surface area (Å²) in [4.78, 5) is 27.1. The molecule has 2 aliphatic heterocycles. The second-order valence-corrected chi connectivity index (χ2v) is 5.32. The van der Waals surface area contributed by atoms with Crippen molar-refractivity contribution in [3.63, 3.8) is 0 Å². The highest BCUT2D eigenvalue weighted by molar-refractivity contribution is 6.21. The summed E-state index contributed by atoms with van der Waals surface area (Å²) in [6, 6.07) is 5.81. The van der Waals surface area contributed by atoms with Crippen LogP contribution in [0.25, 0.3) is 0 Å². The van der Waals surface area contributed by atoms with Crippen LogP contribution < -0.4 is 5.32 Å². The third-order valence-corrected chi connectivity index (χ3v) is 3.85. The molecule has 1 atom stereocenters. The number of carbonyl (C=O) groups excluding carboxylic acids is 2. The van der Waals surface area contributed by atoms with Gasteiger partial charge in [-0.15, -0.1) is 0 Å². The summed E-state index contributed by atoms with van der Waals surface area (Å²) in [7, 11) is 3.62. The highest BCUT2D eigenvalue weighted by Crippen LogP contribution is 2.25. The molecule has 5 nitrogen and oxygen atoms in total. The maximum atomic E-state index is 11.9. The second-order valence-electron chi connectivity index (χ2n) is 5.32. The molecule has 0 aromatic heterocycles. The van der Waals surface area contributed by atoms with Crippen molar-refractivity contribution in [3.8, 4) is 0 Å². The summed E-state index contributed by atoms with van der Waals surface area (Å²) in [5, 5.41) is 3.43. The Labute approximate surface area is 112 Å². The molecular weight excluding hydrogens is 242 g/mol. The van der Waals surface area contributed by atoms with Crippen LogP contribution >= 0.6 is 0 Å². The van der Waals surface area contributed by atoms with Crippen LogP contribution in [-0.2, 0) is 0 Å². The lowest BCUT2D eigenvalue weighted by molar-refractivity contribution is 0.0693. The molecule has 1 aromatic rings. The summed E-state index contributed by atoms with van der Waals surface area (Å²) >= 11 is 0. The van der Waals surface area contributed by atoms with Gasteiger partial charge in [-0.25, -0.2) is 0 Å². The number of benzene rings is 1. The Morgan fingerprint density at radius 2 is 1.89 bits per heavy atom. The molecule has 1 aromatic carbocycles. The van der Waals surface area contributed by atoms with Crippen molar-refractivity contribution in [1.29, 1.82) is 0 Å². The van der Waals surface area contributed by atoms with E-state index in [2.05, 4.69) is 17.3 Å². The highest BCUT2D eigenvalue weighted by atomic mass is 16.2. The van der Waals surface area contributed by atoms with Crippen LogP contribution in [0, 0.1) is 0 Å². The maximum absolute atomic E-state index is 11.9. The predicted octanol–water partition coefficient (Wildman–Crippen LogP) is 1.03. The van der Waals surface area contributed by atoms with E-state index in [1.54, 1.807) is 12.1 Å². The molecule has 2 heterocycles. The summed E-state index contributed by atoms with van der Waals surface area (Å²) in [5.41, 5.74) is 1.92. The third-order valence-electron chi connectivity index (χ3n) is 3.85. The summed E-state index contributed by atoms with van der Waals surface area (Å²) in [6.07, 6.45) is 1.10. The maximum Gasteiger partial charge on any atom is 0.261 e. The number of nitrogens with zero attached hydrogens (tertiary/aromatic N) is 2. The normalized spacial score (nSPS) is 23.1. The van der Waals surface area contributed by atoms with Crippen LogP contribution in [-0.4, -0.2) is 54.8 Å². The van der Waals surface area contributed by atoms with Gasteiger partial charge in [-0.3, -0.25) is 14.5 Å². The molecule has 100 valence electrons. The Bertz CT molecular complexity index is 556. The summed E-state index contributed by atoms with van der Waals surface area (Å²) in [5.74, 6) is -0.431. The van der Waals surface area contributed by atoms with Gasteiger partial charge in [-0.1, -0.05) is 0 Å². The van der Waals surface area contributed by atoms with E-state index in [0.29, 0.717) is 17.2 Å². The Kier molecular flexibility index (Phi) is 2.78. The van der Waals surface area contributed by atoms with Crippen molar-refractivity contribution in [2.45, 2.75) is 12.5 Å². The third kappa shape index (κ3) is 2.00. The first-order valence-corrected chi connectivity index (χ1v) is 6.48. The van der Waals surface area contributed by atoms with Crippen LogP contribution in [0.5, 0.6) is 0 Å². The van der Waals surface area contributed by atoms with E-state index >= 15 is 0 Å². The van der Waals surface area contributed by atoms with Crippen molar-refractivity contribution >= 4 is 17.5 Å². The number of rotatable bonds is 2. The molecule has 2 amide bonds. The molecule has 0 radical (unpaired) electrons. The van der Waals surface area contributed by atoms with Gasteiger partial charge in [0.05, 0.1) is 11.1 Å². The Balaban J connectivity index is 1.83. The van der Waals surface area contributed by atoms with Crippen molar-refractivity contribution in [1.82, 2.24) is 9.80 Å². The number of anilines is 1. The lowest BCUT2D eigenvalue weighted by Crippen LogP contribution is -2.24. The molecule has 1 unspecified atom stereocenters. The van der Waals surface area contributed by atoms with Crippen LogP contribution in [0.3, 0.4) is 0 Å². The van der Waals surface area contributed by atoms with Gasteiger partial charge in [0.1, 0.15) is 0 Å². The van der Waals surface area contributed by atoms with E-state index in [0.717, 1.165) is 30.1 Å². The smallest absolute Gasteiger partial charge is 0.261 e. The standard InChI is InChI=1S/C14H17N3O2/c1-16-6-5-10(8-16)15-9-3-4-11-12(7-9)14(19)17(2)13(11)18/h3-4,7,10,15H,5-6,8H2,1-2H3. The first-order valence-electron chi connectivity index (χ1n) is 6.48. The van der Waals surface area contributed by atoms with Crippen LogP contribution in [0.2, 0.25) is 0 Å². The Morgan fingerprint density at radius 1 is 1.16 bits per heavy atom. The second kappa shape index (κ2) is 4.35. The highest BCUT2D eigenvalue weighted by Gasteiger charge is 2.32. The minimum atomic E-state index is -0.216. The Hall–Kier alpha value is -1.88. The summed E-state index contributed by atoms with van der Waals surface area (Å²) < 4.78 is 0. The zero-order valence-electron chi connectivity index (χ0n) is 11.1. The van der Waals surface area contributed by atoms with Crippen LogP contribution in [0.1, 0.15) is 27.1 Å². The largest absolute Gasteiger partial charge is 0.381 e. The van der Waals surface area contributed by atoms with Gasteiger partial charge in [-0.2, -0.15) is 0 Å².